The zero-order valence-corrected chi connectivity index (χ0v) is 12.0. The average molecular weight is 259 g/mol. The maximum absolute atomic E-state index is 4.09. The maximum Gasteiger partial charge on any atom is 0.0271 e. The van der Waals surface area contributed by atoms with E-state index in [1.165, 1.54) is 57.3 Å². The predicted molar refractivity (Wildman–Crippen MR) is 78.0 cm³/mol. The first-order valence-corrected chi connectivity index (χ1v) is 7.61. The molecule has 0 saturated carbocycles. The van der Waals surface area contributed by atoms with Gasteiger partial charge >= 0.3 is 0 Å². The number of rotatable bonds is 2. The summed E-state index contributed by atoms with van der Waals surface area (Å²) in [6, 6.07) is 4.27. The summed E-state index contributed by atoms with van der Waals surface area (Å²) in [5.41, 5.74) is 1.91. The first kappa shape index (κ1) is 13.1. The molecule has 0 bridgehead atoms. The lowest BCUT2D eigenvalue weighted by molar-refractivity contribution is 0.00819. The van der Waals surface area contributed by atoms with E-state index < -0.39 is 0 Å². The number of piperidine rings is 2. The van der Waals surface area contributed by atoms with Crippen LogP contribution in [0.15, 0.2) is 24.5 Å². The molecular weight excluding hydrogens is 234 g/mol. The minimum absolute atomic E-state index is 0.521. The minimum atomic E-state index is 0.521. The second-order valence-corrected chi connectivity index (χ2v) is 6.23. The zero-order valence-electron chi connectivity index (χ0n) is 12.0. The van der Waals surface area contributed by atoms with Crippen LogP contribution in [0.2, 0.25) is 0 Å². The van der Waals surface area contributed by atoms with E-state index in [1.807, 2.05) is 12.4 Å². The van der Waals surface area contributed by atoms with Crippen molar-refractivity contribution in [3.8, 4) is 0 Å². The van der Waals surface area contributed by atoms with Crippen LogP contribution in [0.4, 0.5) is 0 Å². The topological polar surface area (TPSA) is 19.4 Å². The maximum atomic E-state index is 4.09. The number of nitrogens with zero attached hydrogens (tertiary/aromatic N) is 3. The van der Waals surface area contributed by atoms with E-state index in [0.29, 0.717) is 5.54 Å². The zero-order chi connectivity index (χ0) is 13.1. The van der Waals surface area contributed by atoms with E-state index in [0.717, 1.165) is 6.54 Å². The highest BCUT2D eigenvalue weighted by molar-refractivity contribution is 5.10. The second kappa shape index (κ2) is 5.59. The summed E-state index contributed by atoms with van der Waals surface area (Å²) in [5, 5.41) is 0. The molecule has 2 saturated heterocycles. The molecule has 0 atom stereocenters. The standard InChI is InChI=1S/C16H25N3/c1-18-11-3-2-6-16(18)7-12-19(13-8-16)14-15-4-9-17-10-5-15/h4-5,9-10H,2-3,6-8,11-14H2,1H3. The quantitative estimate of drug-likeness (QED) is 0.813. The summed E-state index contributed by atoms with van der Waals surface area (Å²) < 4.78 is 0. The first-order valence-electron chi connectivity index (χ1n) is 7.61. The van der Waals surface area contributed by atoms with Crippen molar-refractivity contribution in [2.75, 3.05) is 26.7 Å². The van der Waals surface area contributed by atoms with Gasteiger partial charge in [0.2, 0.25) is 0 Å². The molecular formula is C16H25N3. The average Bonchev–Trinajstić information content (AvgIpc) is 2.46. The molecule has 0 radical (unpaired) electrons. The predicted octanol–water partition coefficient (Wildman–Crippen LogP) is 2.53. The molecule has 3 rings (SSSR count). The Labute approximate surface area is 116 Å². The van der Waals surface area contributed by atoms with E-state index in [-0.39, 0.29) is 0 Å². The Morgan fingerprint density at radius 1 is 1.05 bits per heavy atom. The Kier molecular flexibility index (Phi) is 3.85. The fourth-order valence-corrected chi connectivity index (χ4v) is 3.74. The van der Waals surface area contributed by atoms with Crippen LogP contribution in [0.25, 0.3) is 0 Å². The van der Waals surface area contributed by atoms with Gasteiger partial charge in [-0.2, -0.15) is 0 Å². The van der Waals surface area contributed by atoms with Crippen LogP contribution in [0.1, 0.15) is 37.7 Å². The van der Waals surface area contributed by atoms with Gasteiger partial charge < -0.3 is 4.90 Å². The van der Waals surface area contributed by atoms with Crippen LogP contribution in [-0.2, 0) is 6.54 Å². The van der Waals surface area contributed by atoms with Crippen LogP contribution in [0.5, 0.6) is 0 Å². The number of pyridine rings is 1. The normalized spacial score (nSPS) is 24.7. The summed E-state index contributed by atoms with van der Waals surface area (Å²) >= 11 is 0. The Bertz CT molecular complexity index is 396. The van der Waals surface area contributed by atoms with Gasteiger partial charge in [-0.05, 0) is 57.0 Å². The van der Waals surface area contributed by atoms with Crippen molar-refractivity contribution in [1.82, 2.24) is 14.8 Å². The molecule has 1 aromatic rings. The molecule has 0 unspecified atom stereocenters. The van der Waals surface area contributed by atoms with Gasteiger partial charge in [0, 0.05) is 37.6 Å². The van der Waals surface area contributed by atoms with E-state index in [9.17, 15) is 0 Å². The molecule has 0 amide bonds. The van der Waals surface area contributed by atoms with Crippen molar-refractivity contribution in [3.63, 3.8) is 0 Å². The van der Waals surface area contributed by atoms with Gasteiger partial charge in [0.15, 0.2) is 0 Å². The highest BCUT2D eigenvalue weighted by Gasteiger charge is 2.39. The van der Waals surface area contributed by atoms with Gasteiger partial charge in [0.25, 0.3) is 0 Å². The van der Waals surface area contributed by atoms with Crippen LogP contribution in [-0.4, -0.2) is 47.0 Å². The Balaban J connectivity index is 1.57. The minimum Gasteiger partial charge on any atom is -0.301 e. The lowest BCUT2D eigenvalue weighted by Crippen LogP contribution is -2.55. The third-order valence-corrected chi connectivity index (χ3v) is 5.14. The second-order valence-electron chi connectivity index (χ2n) is 6.23. The molecule has 1 spiro atoms. The van der Waals surface area contributed by atoms with Crippen LogP contribution < -0.4 is 0 Å². The van der Waals surface area contributed by atoms with Gasteiger partial charge in [-0.25, -0.2) is 0 Å². The van der Waals surface area contributed by atoms with Crippen molar-refractivity contribution >= 4 is 0 Å². The highest BCUT2D eigenvalue weighted by atomic mass is 15.2. The molecule has 0 aliphatic carbocycles. The lowest BCUT2D eigenvalue weighted by Gasteiger charge is -2.50. The third-order valence-electron chi connectivity index (χ3n) is 5.14. The van der Waals surface area contributed by atoms with Gasteiger partial charge in [0.05, 0.1) is 0 Å². The highest BCUT2D eigenvalue weighted by Crippen LogP contribution is 2.36. The molecule has 0 N–H and O–H groups in total. The lowest BCUT2D eigenvalue weighted by atomic mass is 9.79. The molecule has 2 aliphatic rings. The smallest absolute Gasteiger partial charge is 0.0271 e. The molecule has 2 fully saturated rings. The van der Waals surface area contributed by atoms with Gasteiger partial charge in [-0.1, -0.05) is 6.42 Å². The molecule has 0 aromatic carbocycles. The van der Waals surface area contributed by atoms with Crippen LogP contribution in [0, 0.1) is 0 Å². The Morgan fingerprint density at radius 2 is 1.79 bits per heavy atom. The number of hydrogen-bond donors (Lipinski definition) is 0. The summed E-state index contributed by atoms with van der Waals surface area (Å²) in [6.45, 7) is 4.87. The van der Waals surface area contributed by atoms with E-state index in [4.69, 9.17) is 0 Å². The molecule has 104 valence electrons. The van der Waals surface area contributed by atoms with Gasteiger partial charge in [-0.15, -0.1) is 0 Å². The first-order chi connectivity index (χ1) is 9.28. The number of aromatic nitrogens is 1. The SMILES string of the molecule is CN1CCCCC12CCN(Cc1ccncc1)CC2. The summed E-state index contributed by atoms with van der Waals surface area (Å²) in [5.74, 6) is 0. The Hall–Kier alpha value is -0.930. The van der Waals surface area contributed by atoms with Crippen LogP contribution in [0.3, 0.4) is 0 Å². The number of hydrogen-bond acceptors (Lipinski definition) is 3. The van der Waals surface area contributed by atoms with E-state index in [1.54, 1.807) is 0 Å². The van der Waals surface area contributed by atoms with E-state index in [2.05, 4.69) is 34.0 Å². The van der Waals surface area contributed by atoms with Gasteiger partial charge in [-0.3, -0.25) is 9.88 Å². The summed E-state index contributed by atoms with van der Waals surface area (Å²) in [7, 11) is 2.33. The van der Waals surface area contributed by atoms with E-state index >= 15 is 0 Å². The van der Waals surface area contributed by atoms with Crippen molar-refractivity contribution in [1.29, 1.82) is 0 Å². The molecule has 2 aliphatic heterocycles. The molecule has 3 nitrogen and oxygen atoms in total. The molecule has 3 heteroatoms. The third kappa shape index (κ3) is 2.82. The van der Waals surface area contributed by atoms with Crippen molar-refractivity contribution in [2.45, 2.75) is 44.2 Å². The molecule has 3 heterocycles. The monoisotopic (exact) mass is 259 g/mol. The fourth-order valence-electron chi connectivity index (χ4n) is 3.74. The van der Waals surface area contributed by atoms with Crippen LogP contribution >= 0.6 is 0 Å². The molecule has 1 aromatic heterocycles. The largest absolute Gasteiger partial charge is 0.301 e. The Morgan fingerprint density at radius 3 is 2.47 bits per heavy atom. The van der Waals surface area contributed by atoms with Gasteiger partial charge in [0.1, 0.15) is 0 Å². The summed E-state index contributed by atoms with van der Waals surface area (Å²) in [4.78, 5) is 9.33. The fraction of sp³-hybridized carbons (Fsp3) is 0.688. The van der Waals surface area contributed by atoms with Crippen molar-refractivity contribution in [2.24, 2.45) is 0 Å². The van der Waals surface area contributed by atoms with Crippen molar-refractivity contribution < 1.29 is 0 Å². The van der Waals surface area contributed by atoms with Crippen molar-refractivity contribution in [3.05, 3.63) is 30.1 Å². The number of likely N-dealkylation sites (tertiary alicyclic amines) is 2. The molecule has 19 heavy (non-hydrogen) atoms. The summed E-state index contributed by atoms with van der Waals surface area (Å²) in [6.07, 6.45) is 10.7.